The van der Waals surface area contributed by atoms with Crippen molar-refractivity contribution in [3.05, 3.63) is 35.0 Å². The van der Waals surface area contributed by atoms with E-state index in [0.29, 0.717) is 6.61 Å². The minimum Gasteiger partial charge on any atom is -0.489 e. The van der Waals surface area contributed by atoms with Gasteiger partial charge in [-0.15, -0.1) is 0 Å². The zero-order valence-electron chi connectivity index (χ0n) is 19.7. The van der Waals surface area contributed by atoms with Gasteiger partial charge in [0.05, 0.1) is 11.1 Å². The van der Waals surface area contributed by atoms with E-state index in [0.717, 1.165) is 40.2 Å². The number of hydrogen-bond acceptors (Lipinski definition) is 3. The van der Waals surface area contributed by atoms with Gasteiger partial charge in [-0.3, -0.25) is 0 Å². The number of hydrogen-bond donors (Lipinski definition) is 1. The summed E-state index contributed by atoms with van der Waals surface area (Å²) in [7, 11) is 0. The van der Waals surface area contributed by atoms with Gasteiger partial charge in [0, 0.05) is 17.7 Å². The molecule has 1 N–H and O–H groups in total. The maximum Gasteiger partial charge on any atom is 0.146 e. The highest BCUT2D eigenvalue weighted by molar-refractivity contribution is 6.35. The number of pyridine rings is 1. The van der Waals surface area contributed by atoms with Crippen molar-refractivity contribution < 1.29 is 9.84 Å². The van der Waals surface area contributed by atoms with Crippen LogP contribution in [-0.4, -0.2) is 22.8 Å². The Kier molecular flexibility index (Phi) is 12.9. The summed E-state index contributed by atoms with van der Waals surface area (Å²) in [4.78, 5) is 4.87. The predicted molar refractivity (Wildman–Crippen MR) is 133 cm³/mol. The van der Waals surface area contributed by atoms with Crippen LogP contribution in [-0.2, 0) is 6.42 Å². The minimum atomic E-state index is 0.117. The van der Waals surface area contributed by atoms with Crippen LogP contribution in [0.15, 0.2) is 24.3 Å². The van der Waals surface area contributed by atoms with Crippen LogP contribution >= 0.6 is 11.6 Å². The van der Waals surface area contributed by atoms with Crippen molar-refractivity contribution in [2.45, 2.75) is 110 Å². The van der Waals surface area contributed by atoms with E-state index in [-0.39, 0.29) is 6.10 Å². The Bertz CT molecular complexity index is 747. The minimum absolute atomic E-state index is 0.117. The normalized spacial score (nSPS) is 11.5. The molecular formula is C27H42ClNO2. The van der Waals surface area contributed by atoms with Gasteiger partial charge >= 0.3 is 0 Å². The van der Waals surface area contributed by atoms with Crippen molar-refractivity contribution in [3.63, 3.8) is 0 Å². The first kappa shape index (κ1) is 25.9. The molecule has 0 unspecified atom stereocenters. The lowest BCUT2D eigenvalue weighted by atomic mass is 10.0. The van der Waals surface area contributed by atoms with Crippen molar-refractivity contribution in [1.29, 1.82) is 0 Å². The molecule has 31 heavy (non-hydrogen) atoms. The first-order valence-electron chi connectivity index (χ1n) is 12.5. The van der Waals surface area contributed by atoms with Gasteiger partial charge in [0.2, 0.25) is 0 Å². The lowest BCUT2D eigenvalue weighted by molar-refractivity contribution is 0.245. The van der Waals surface area contributed by atoms with Crippen LogP contribution < -0.4 is 4.74 Å². The van der Waals surface area contributed by atoms with Gasteiger partial charge in [0.15, 0.2) is 0 Å². The Morgan fingerprint density at radius 1 is 0.774 bits per heavy atom. The lowest BCUT2D eigenvalue weighted by Crippen LogP contribution is -2.06. The SMILES string of the molecule is CC(C)Oc1ccc(Cl)c2ccc(CCCCCCCCCCCCCCCO)nc12. The second-order valence-electron chi connectivity index (χ2n) is 8.98. The highest BCUT2D eigenvalue weighted by atomic mass is 35.5. The van der Waals surface area contributed by atoms with Gasteiger partial charge in [-0.05, 0) is 57.4 Å². The van der Waals surface area contributed by atoms with Crippen molar-refractivity contribution in [1.82, 2.24) is 4.98 Å². The fourth-order valence-corrected chi connectivity index (χ4v) is 4.26. The van der Waals surface area contributed by atoms with E-state index in [2.05, 4.69) is 12.1 Å². The second kappa shape index (κ2) is 15.5. The van der Waals surface area contributed by atoms with Crippen molar-refractivity contribution in [2.24, 2.45) is 0 Å². The van der Waals surface area contributed by atoms with E-state index >= 15 is 0 Å². The highest BCUT2D eigenvalue weighted by Crippen LogP contribution is 2.31. The summed E-state index contributed by atoms with van der Waals surface area (Å²) in [5.74, 6) is 0.821. The summed E-state index contributed by atoms with van der Waals surface area (Å²) in [5, 5.41) is 10.5. The van der Waals surface area contributed by atoms with E-state index in [1.807, 2.05) is 26.0 Å². The predicted octanol–water partition coefficient (Wildman–Crippen LogP) is 8.28. The maximum absolute atomic E-state index is 8.77. The molecule has 2 rings (SSSR count). The molecule has 4 heteroatoms. The van der Waals surface area contributed by atoms with E-state index in [1.165, 1.54) is 77.0 Å². The van der Waals surface area contributed by atoms with E-state index < -0.39 is 0 Å². The number of unbranched alkanes of at least 4 members (excludes halogenated alkanes) is 12. The first-order valence-corrected chi connectivity index (χ1v) is 12.8. The van der Waals surface area contributed by atoms with E-state index in [4.69, 9.17) is 26.4 Å². The van der Waals surface area contributed by atoms with Crippen molar-refractivity contribution in [3.8, 4) is 5.75 Å². The van der Waals surface area contributed by atoms with Crippen LogP contribution in [0.1, 0.15) is 103 Å². The molecule has 0 amide bonds. The molecule has 0 aliphatic heterocycles. The van der Waals surface area contributed by atoms with Crippen LogP contribution in [0.2, 0.25) is 5.02 Å². The molecule has 0 fully saturated rings. The Morgan fingerprint density at radius 2 is 1.32 bits per heavy atom. The summed E-state index contributed by atoms with van der Waals surface area (Å²) in [6.07, 6.45) is 17.9. The van der Waals surface area contributed by atoms with Crippen molar-refractivity contribution >= 4 is 22.5 Å². The standard InChI is InChI=1S/C27H42ClNO2/c1-22(2)31-26-20-19-25(28)24-18-17-23(29-27(24)26)16-14-12-10-8-6-4-3-5-7-9-11-13-15-21-30/h17-20,22,30H,3-16,21H2,1-2H3. The van der Waals surface area contributed by atoms with Gasteiger partial charge in [0.25, 0.3) is 0 Å². The number of fused-ring (bicyclic) bond motifs is 1. The Balaban J connectivity index is 1.59. The third-order valence-corrected chi connectivity index (χ3v) is 6.11. The molecule has 1 heterocycles. The van der Waals surface area contributed by atoms with Gasteiger partial charge in [-0.25, -0.2) is 4.98 Å². The van der Waals surface area contributed by atoms with Crippen LogP contribution in [0.25, 0.3) is 10.9 Å². The lowest BCUT2D eigenvalue weighted by Gasteiger charge is -2.13. The van der Waals surface area contributed by atoms with Crippen LogP contribution in [0.3, 0.4) is 0 Å². The zero-order chi connectivity index (χ0) is 22.3. The number of benzene rings is 1. The Hall–Kier alpha value is -1.32. The second-order valence-corrected chi connectivity index (χ2v) is 9.39. The number of aliphatic hydroxyl groups excluding tert-OH is 1. The van der Waals surface area contributed by atoms with Gasteiger partial charge in [0.1, 0.15) is 11.3 Å². The molecule has 174 valence electrons. The van der Waals surface area contributed by atoms with E-state index in [9.17, 15) is 0 Å². The quantitative estimate of drug-likeness (QED) is 0.248. The van der Waals surface area contributed by atoms with Crippen LogP contribution in [0.5, 0.6) is 5.75 Å². The fraction of sp³-hybridized carbons (Fsp3) is 0.667. The average Bonchev–Trinajstić information content (AvgIpc) is 2.75. The largest absolute Gasteiger partial charge is 0.489 e. The van der Waals surface area contributed by atoms with Gasteiger partial charge in [-0.1, -0.05) is 82.2 Å². The van der Waals surface area contributed by atoms with Crippen molar-refractivity contribution in [2.75, 3.05) is 6.61 Å². The molecule has 0 aliphatic carbocycles. The molecule has 1 aromatic heterocycles. The van der Waals surface area contributed by atoms with Gasteiger partial charge in [-0.2, -0.15) is 0 Å². The molecule has 2 aromatic rings. The molecule has 0 radical (unpaired) electrons. The molecule has 0 aliphatic rings. The molecular weight excluding hydrogens is 406 g/mol. The molecule has 3 nitrogen and oxygen atoms in total. The third-order valence-electron chi connectivity index (χ3n) is 5.78. The maximum atomic E-state index is 8.77. The number of aromatic nitrogens is 1. The summed E-state index contributed by atoms with van der Waals surface area (Å²) >= 11 is 6.35. The fourth-order valence-electron chi connectivity index (χ4n) is 4.05. The number of rotatable bonds is 17. The number of aliphatic hydroxyl groups is 1. The summed E-state index contributed by atoms with van der Waals surface area (Å²) < 4.78 is 5.93. The van der Waals surface area contributed by atoms with Gasteiger partial charge < -0.3 is 9.84 Å². The monoisotopic (exact) mass is 447 g/mol. The smallest absolute Gasteiger partial charge is 0.146 e. The average molecular weight is 448 g/mol. The van der Waals surface area contributed by atoms with Crippen LogP contribution in [0.4, 0.5) is 0 Å². The molecule has 0 saturated heterocycles. The summed E-state index contributed by atoms with van der Waals surface area (Å²) in [6, 6.07) is 8.01. The molecule has 0 saturated carbocycles. The van der Waals surface area contributed by atoms with E-state index in [1.54, 1.807) is 0 Å². The number of ether oxygens (including phenoxy) is 1. The summed E-state index contributed by atoms with van der Waals surface area (Å²) in [6.45, 7) is 4.42. The number of halogens is 1. The number of nitrogens with zero attached hydrogens (tertiary/aromatic N) is 1. The van der Waals surface area contributed by atoms with Crippen LogP contribution in [0, 0.1) is 0 Å². The zero-order valence-corrected chi connectivity index (χ0v) is 20.4. The Labute approximate surface area is 194 Å². The molecule has 0 spiro atoms. The highest BCUT2D eigenvalue weighted by Gasteiger charge is 2.10. The molecule has 1 aromatic carbocycles. The number of aryl methyl sites for hydroxylation is 1. The molecule has 0 atom stereocenters. The Morgan fingerprint density at radius 3 is 1.87 bits per heavy atom. The topological polar surface area (TPSA) is 42.4 Å². The summed E-state index contributed by atoms with van der Waals surface area (Å²) in [5.41, 5.74) is 2.01. The third kappa shape index (κ3) is 10.2. The molecule has 0 bridgehead atoms. The first-order chi connectivity index (χ1) is 15.1.